The van der Waals surface area contributed by atoms with Gasteiger partial charge in [0.25, 0.3) is 0 Å². The van der Waals surface area contributed by atoms with E-state index in [1.54, 1.807) is 6.92 Å². The van der Waals surface area contributed by atoms with Gasteiger partial charge in [0.1, 0.15) is 0 Å². The number of carbonyl (C=O) groups excluding carboxylic acids is 2. The van der Waals surface area contributed by atoms with E-state index < -0.39 is 0 Å². The number of hydrogen-bond donors (Lipinski definition) is 0. The molecule has 0 unspecified atom stereocenters. The van der Waals surface area contributed by atoms with E-state index in [-0.39, 0.29) is 11.6 Å². The molecule has 0 saturated heterocycles. The predicted octanol–water partition coefficient (Wildman–Crippen LogP) is 2.07. The molecule has 3 nitrogen and oxygen atoms in total. The second-order valence-electron chi connectivity index (χ2n) is 4.56. The van der Waals surface area contributed by atoms with Crippen molar-refractivity contribution < 1.29 is 9.59 Å². The molecule has 16 heavy (non-hydrogen) atoms. The third kappa shape index (κ3) is 0.979. The first-order valence-electron chi connectivity index (χ1n) is 5.60. The summed E-state index contributed by atoms with van der Waals surface area (Å²) >= 11 is 0. The molecule has 0 amide bonds. The van der Waals surface area contributed by atoms with Crippen molar-refractivity contribution in [1.29, 1.82) is 0 Å². The summed E-state index contributed by atoms with van der Waals surface area (Å²) in [6.07, 6.45) is 3.47. The van der Waals surface area contributed by atoms with E-state index >= 15 is 0 Å². The molecular formula is C13H13NO2. The number of ketones is 2. The van der Waals surface area contributed by atoms with Gasteiger partial charge in [-0.15, -0.1) is 0 Å². The molecule has 0 fully saturated rings. The molecule has 1 aliphatic carbocycles. The number of nitrogens with zero attached hydrogens (tertiary/aromatic N) is 1. The average molecular weight is 215 g/mol. The SMILES string of the molecule is CC1=CC(=O)c2c(c(C)n3c2CCC3)C1=O. The van der Waals surface area contributed by atoms with Gasteiger partial charge in [-0.1, -0.05) is 0 Å². The van der Waals surface area contributed by atoms with Crippen LogP contribution in [0.3, 0.4) is 0 Å². The summed E-state index contributed by atoms with van der Waals surface area (Å²) in [6, 6.07) is 0. The minimum Gasteiger partial charge on any atom is -0.347 e. The minimum atomic E-state index is 0.00542. The van der Waals surface area contributed by atoms with Gasteiger partial charge in [-0.25, -0.2) is 0 Å². The molecule has 1 aliphatic heterocycles. The van der Waals surface area contributed by atoms with Crippen LogP contribution < -0.4 is 0 Å². The van der Waals surface area contributed by atoms with Crippen molar-refractivity contribution in [3.63, 3.8) is 0 Å². The lowest BCUT2D eigenvalue weighted by atomic mass is 9.90. The lowest BCUT2D eigenvalue weighted by Gasteiger charge is -2.10. The number of carbonyl (C=O) groups is 2. The lowest BCUT2D eigenvalue weighted by Crippen LogP contribution is -2.15. The Morgan fingerprint density at radius 3 is 2.69 bits per heavy atom. The molecule has 0 saturated carbocycles. The van der Waals surface area contributed by atoms with E-state index in [1.165, 1.54) is 6.08 Å². The monoisotopic (exact) mass is 215 g/mol. The van der Waals surface area contributed by atoms with Crippen LogP contribution >= 0.6 is 0 Å². The highest BCUT2D eigenvalue weighted by Crippen LogP contribution is 2.33. The predicted molar refractivity (Wildman–Crippen MR) is 59.9 cm³/mol. The molecule has 0 spiro atoms. The van der Waals surface area contributed by atoms with Crippen LogP contribution in [0.25, 0.3) is 0 Å². The summed E-state index contributed by atoms with van der Waals surface area (Å²) in [5.41, 5.74) is 3.91. The first-order chi connectivity index (χ1) is 7.61. The van der Waals surface area contributed by atoms with Gasteiger partial charge >= 0.3 is 0 Å². The minimum absolute atomic E-state index is 0.00542. The van der Waals surface area contributed by atoms with Gasteiger partial charge in [-0.2, -0.15) is 0 Å². The number of hydrogen-bond acceptors (Lipinski definition) is 2. The molecule has 0 atom stereocenters. The highest BCUT2D eigenvalue weighted by molar-refractivity contribution is 6.25. The molecule has 0 aromatic carbocycles. The topological polar surface area (TPSA) is 39.1 Å². The van der Waals surface area contributed by atoms with E-state index in [0.29, 0.717) is 16.7 Å². The molecule has 3 heteroatoms. The van der Waals surface area contributed by atoms with Crippen molar-refractivity contribution in [2.24, 2.45) is 0 Å². The fourth-order valence-corrected chi connectivity index (χ4v) is 2.84. The van der Waals surface area contributed by atoms with Crippen LogP contribution in [-0.2, 0) is 13.0 Å². The Balaban J connectivity index is 2.35. The highest BCUT2D eigenvalue weighted by Gasteiger charge is 2.33. The number of rotatable bonds is 0. The maximum atomic E-state index is 12.1. The second-order valence-corrected chi connectivity index (χ2v) is 4.56. The first-order valence-corrected chi connectivity index (χ1v) is 5.60. The fourth-order valence-electron chi connectivity index (χ4n) is 2.84. The number of Topliss-reactive ketones (excluding diaryl/α,β-unsaturated/α-hetero) is 1. The number of aromatic nitrogens is 1. The molecule has 2 aliphatic rings. The van der Waals surface area contributed by atoms with Crippen molar-refractivity contribution in [2.75, 3.05) is 0 Å². The van der Waals surface area contributed by atoms with Crippen LogP contribution in [-0.4, -0.2) is 16.1 Å². The summed E-state index contributed by atoms with van der Waals surface area (Å²) in [5.74, 6) is 0.0276. The zero-order valence-electron chi connectivity index (χ0n) is 9.46. The zero-order chi connectivity index (χ0) is 11.4. The average Bonchev–Trinajstić information content (AvgIpc) is 2.78. The van der Waals surface area contributed by atoms with Crippen LogP contribution in [0.1, 0.15) is 45.4 Å². The van der Waals surface area contributed by atoms with Gasteiger partial charge in [-0.3, -0.25) is 9.59 Å². The van der Waals surface area contributed by atoms with Crippen LogP contribution in [0.4, 0.5) is 0 Å². The van der Waals surface area contributed by atoms with Crippen LogP contribution in [0.5, 0.6) is 0 Å². The summed E-state index contributed by atoms with van der Waals surface area (Å²) in [4.78, 5) is 24.0. The molecule has 0 radical (unpaired) electrons. The maximum absolute atomic E-state index is 12.1. The molecule has 0 bridgehead atoms. The Bertz CT molecular complexity index is 561. The molecular weight excluding hydrogens is 202 g/mol. The van der Waals surface area contributed by atoms with E-state index in [4.69, 9.17) is 0 Å². The Hall–Kier alpha value is -1.64. The van der Waals surface area contributed by atoms with Crippen molar-refractivity contribution in [1.82, 2.24) is 4.57 Å². The van der Waals surface area contributed by atoms with E-state index in [2.05, 4.69) is 4.57 Å². The quantitative estimate of drug-likeness (QED) is 0.664. The Morgan fingerprint density at radius 2 is 1.94 bits per heavy atom. The molecule has 82 valence electrons. The Kier molecular flexibility index (Phi) is 1.76. The summed E-state index contributed by atoms with van der Waals surface area (Å²) in [7, 11) is 0. The van der Waals surface area contributed by atoms with Gasteiger partial charge in [0, 0.05) is 23.5 Å². The van der Waals surface area contributed by atoms with Gasteiger partial charge < -0.3 is 4.57 Å². The zero-order valence-corrected chi connectivity index (χ0v) is 9.46. The number of allylic oxidation sites excluding steroid dienone is 2. The second kappa shape index (κ2) is 2.94. The molecule has 1 aromatic rings. The lowest BCUT2D eigenvalue weighted by molar-refractivity contribution is 0.0984. The molecule has 3 rings (SSSR count). The van der Waals surface area contributed by atoms with Crippen molar-refractivity contribution in [2.45, 2.75) is 33.2 Å². The normalized spacial score (nSPS) is 18.5. The summed E-state index contributed by atoms with van der Waals surface area (Å²) in [6.45, 7) is 4.59. The van der Waals surface area contributed by atoms with Crippen molar-refractivity contribution in [3.8, 4) is 0 Å². The third-order valence-electron chi connectivity index (χ3n) is 3.61. The fraction of sp³-hybridized carbons (Fsp3) is 0.385. The highest BCUT2D eigenvalue weighted by atomic mass is 16.1. The van der Waals surface area contributed by atoms with E-state index in [0.717, 1.165) is 30.8 Å². The van der Waals surface area contributed by atoms with Crippen LogP contribution in [0, 0.1) is 6.92 Å². The van der Waals surface area contributed by atoms with E-state index in [9.17, 15) is 9.59 Å². The van der Waals surface area contributed by atoms with Crippen LogP contribution in [0.15, 0.2) is 11.6 Å². The standard InChI is InChI=1S/C13H13NO2/c1-7-6-10(15)12-9-4-3-5-14(9)8(2)11(12)13(7)16/h6H,3-5H2,1-2H3. The Labute approximate surface area is 93.8 Å². The maximum Gasteiger partial charge on any atom is 0.191 e. The van der Waals surface area contributed by atoms with Gasteiger partial charge in [0.15, 0.2) is 11.6 Å². The molecule has 0 N–H and O–H groups in total. The summed E-state index contributed by atoms with van der Waals surface area (Å²) < 4.78 is 2.13. The van der Waals surface area contributed by atoms with Crippen LogP contribution in [0.2, 0.25) is 0 Å². The smallest absolute Gasteiger partial charge is 0.191 e. The van der Waals surface area contributed by atoms with E-state index in [1.807, 2.05) is 6.92 Å². The first kappa shape index (κ1) is 9.58. The van der Waals surface area contributed by atoms with Gasteiger partial charge in [-0.05, 0) is 32.8 Å². The Morgan fingerprint density at radius 1 is 1.19 bits per heavy atom. The number of fused-ring (bicyclic) bond motifs is 3. The van der Waals surface area contributed by atoms with Gasteiger partial charge in [0.2, 0.25) is 0 Å². The van der Waals surface area contributed by atoms with Gasteiger partial charge in [0.05, 0.1) is 11.1 Å². The largest absolute Gasteiger partial charge is 0.347 e. The van der Waals surface area contributed by atoms with Crippen molar-refractivity contribution in [3.05, 3.63) is 34.2 Å². The van der Waals surface area contributed by atoms with Crippen molar-refractivity contribution >= 4 is 11.6 Å². The summed E-state index contributed by atoms with van der Waals surface area (Å²) in [5, 5.41) is 0. The molecule has 1 aromatic heterocycles. The third-order valence-corrected chi connectivity index (χ3v) is 3.61. The molecule has 2 heterocycles.